The molecule has 2 heterocycles. The van der Waals surface area contributed by atoms with Crippen molar-refractivity contribution >= 4 is 44.3 Å². The molecule has 1 aliphatic rings. The van der Waals surface area contributed by atoms with E-state index in [1.165, 1.54) is 11.6 Å². The molecule has 5 nitrogen and oxygen atoms in total. The van der Waals surface area contributed by atoms with Crippen molar-refractivity contribution in [3.8, 4) is 0 Å². The lowest BCUT2D eigenvalue weighted by molar-refractivity contribution is 0.623. The van der Waals surface area contributed by atoms with Crippen molar-refractivity contribution in [3.63, 3.8) is 0 Å². The molecule has 4 rings (SSSR count). The van der Waals surface area contributed by atoms with Gasteiger partial charge in [-0.3, -0.25) is 5.43 Å². The fourth-order valence-corrected chi connectivity index (χ4v) is 3.62. The van der Waals surface area contributed by atoms with Gasteiger partial charge < -0.3 is 4.90 Å². The van der Waals surface area contributed by atoms with E-state index in [0.29, 0.717) is 27.1 Å². The number of halogens is 2. The maximum Gasteiger partial charge on any atom is 0.239 e. The first-order valence-electron chi connectivity index (χ1n) is 8.16. The number of hydrogen-bond acceptors (Lipinski definition) is 5. The number of aryl methyl sites for hydroxylation is 1. The second kappa shape index (κ2) is 6.57. The number of benzene rings is 2. The number of nitrogens with two attached hydrogens (primary N) is 1. The van der Waals surface area contributed by atoms with Gasteiger partial charge in [0.1, 0.15) is 11.6 Å². The van der Waals surface area contributed by atoms with Crippen molar-refractivity contribution < 1.29 is 4.39 Å². The van der Waals surface area contributed by atoms with Crippen LogP contribution in [0.15, 0.2) is 40.9 Å². The SMILES string of the molecule is NNc1nc(N2CCCCc3ccccc32)c2cc(F)c(Br)cc2n1. The third kappa shape index (κ3) is 2.94. The van der Waals surface area contributed by atoms with E-state index in [4.69, 9.17) is 5.84 Å². The minimum absolute atomic E-state index is 0.308. The number of nitrogen functional groups attached to an aromatic ring is 1. The molecule has 0 spiro atoms. The number of aromatic nitrogens is 2. The van der Waals surface area contributed by atoms with Gasteiger partial charge in [-0.15, -0.1) is 0 Å². The van der Waals surface area contributed by atoms with Gasteiger partial charge in [-0.25, -0.2) is 15.2 Å². The van der Waals surface area contributed by atoms with Crippen LogP contribution in [0.1, 0.15) is 18.4 Å². The Morgan fingerprint density at radius 1 is 1.16 bits per heavy atom. The highest BCUT2D eigenvalue weighted by Crippen LogP contribution is 2.36. The molecule has 7 heteroatoms. The van der Waals surface area contributed by atoms with Gasteiger partial charge >= 0.3 is 0 Å². The smallest absolute Gasteiger partial charge is 0.239 e. The van der Waals surface area contributed by atoms with Crippen LogP contribution in [0.2, 0.25) is 0 Å². The van der Waals surface area contributed by atoms with E-state index in [1.54, 1.807) is 6.07 Å². The molecule has 0 saturated heterocycles. The monoisotopic (exact) mass is 401 g/mol. The fraction of sp³-hybridized carbons (Fsp3) is 0.222. The Hall–Kier alpha value is -2.25. The number of nitrogens with zero attached hydrogens (tertiary/aromatic N) is 3. The summed E-state index contributed by atoms with van der Waals surface area (Å²) in [6, 6.07) is 11.4. The van der Waals surface area contributed by atoms with Gasteiger partial charge in [0.05, 0.1) is 9.99 Å². The van der Waals surface area contributed by atoms with E-state index in [2.05, 4.69) is 48.4 Å². The number of nitrogens with one attached hydrogen (secondary N) is 1. The Balaban J connectivity index is 1.98. The lowest BCUT2D eigenvalue weighted by Crippen LogP contribution is -2.21. The van der Waals surface area contributed by atoms with Gasteiger partial charge in [-0.05, 0) is 59.0 Å². The van der Waals surface area contributed by atoms with Crippen LogP contribution in [0, 0.1) is 5.82 Å². The van der Waals surface area contributed by atoms with E-state index in [1.807, 2.05) is 12.1 Å². The first-order valence-corrected chi connectivity index (χ1v) is 8.95. The number of anilines is 3. The first kappa shape index (κ1) is 16.2. The Morgan fingerprint density at radius 3 is 2.84 bits per heavy atom. The molecule has 0 saturated carbocycles. The predicted molar refractivity (Wildman–Crippen MR) is 101 cm³/mol. The summed E-state index contributed by atoms with van der Waals surface area (Å²) in [6.07, 6.45) is 3.17. The van der Waals surface area contributed by atoms with E-state index >= 15 is 0 Å². The molecule has 25 heavy (non-hydrogen) atoms. The van der Waals surface area contributed by atoms with Gasteiger partial charge in [0, 0.05) is 17.6 Å². The molecular weight excluding hydrogens is 385 g/mol. The number of hydrazine groups is 1. The summed E-state index contributed by atoms with van der Waals surface area (Å²) in [6.45, 7) is 0.810. The van der Waals surface area contributed by atoms with Crippen LogP contribution < -0.4 is 16.2 Å². The average molecular weight is 402 g/mol. The van der Waals surface area contributed by atoms with E-state index < -0.39 is 0 Å². The zero-order valence-electron chi connectivity index (χ0n) is 13.5. The Kier molecular flexibility index (Phi) is 4.27. The van der Waals surface area contributed by atoms with Gasteiger partial charge in [-0.2, -0.15) is 4.98 Å². The molecule has 1 aromatic heterocycles. The molecule has 0 atom stereocenters. The molecule has 0 radical (unpaired) electrons. The predicted octanol–water partition coefficient (Wildman–Crippen LogP) is 4.29. The summed E-state index contributed by atoms with van der Waals surface area (Å²) in [5, 5.41) is 0.663. The minimum atomic E-state index is -0.339. The van der Waals surface area contributed by atoms with Crippen molar-refractivity contribution in [2.45, 2.75) is 19.3 Å². The summed E-state index contributed by atoms with van der Waals surface area (Å²) in [7, 11) is 0. The molecule has 0 unspecified atom stereocenters. The molecule has 0 aliphatic carbocycles. The number of hydrogen-bond donors (Lipinski definition) is 2. The van der Waals surface area contributed by atoms with Crippen LogP contribution in [0.25, 0.3) is 10.9 Å². The summed E-state index contributed by atoms with van der Waals surface area (Å²) in [4.78, 5) is 11.1. The highest BCUT2D eigenvalue weighted by Gasteiger charge is 2.21. The van der Waals surface area contributed by atoms with E-state index in [0.717, 1.165) is 31.5 Å². The van der Waals surface area contributed by atoms with E-state index in [9.17, 15) is 4.39 Å². The maximum absolute atomic E-state index is 14.2. The third-order valence-electron chi connectivity index (χ3n) is 4.46. The largest absolute Gasteiger partial charge is 0.325 e. The standard InChI is InChI=1S/C18H17BrFN5/c19-13-10-15-12(9-14(13)20)17(23-18(22-15)24-21)25-8-4-3-6-11-5-1-2-7-16(11)25/h1-2,5,7,9-10H,3-4,6,8,21H2,(H,22,23,24). The quantitative estimate of drug-likeness (QED) is 0.495. The lowest BCUT2D eigenvalue weighted by atomic mass is 10.1. The third-order valence-corrected chi connectivity index (χ3v) is 5.07. The zero-order chi connectivity index (χ0) is 17.4. The number of rotatable bonds is 2. The highest BCUT2D eigenvalue weighted by molar-refractivity contribution is 9.10. The topological polar surface area (TPSA) is 67.1 Å². The summed E-state index contributed by atoms with van der Waals surface area (Å²) in [5.41, 5.74) is 5.52. The molecule has 3 N–H and O–H groups in total. The van der Waals surface area contributed by atoms with Crippen LogP contribution in [0.5, 0.6) is 0 Å². The second-order valence-electron chi connectivity index (χ2n) is 6.04. The Morgan fingerprint density at radius 2 is 2.00 bits per heavy atom. The number of para-hydroxylation sites is 1. The normalized spacial score (nSPS) is 14.3. The molecule has 0 amide bonds. The van der Waals surface area contributed by atoms with Crippen LogP contribution in [0.3, 0.4) is 0 Å². The van der Waals surface area contributed by atoms with Gasteiger partial charge in [-0.1, -0.05) is 18.2 Å². The van der Waals surface area contributed by atoms with Crippen molar-refractivity contribution in [1.82, 2.24) is 9.97 Å². The summed E-state index contributed by atoms with van der Waals surface area (Å²) >= 11 is 3.22. The Labute approximate surface area is 153 Å². The van der Waals surface area contributed by atoms with Crippen molar-refractivity contribution in [1.29, 1.82) is 0 Å². The molecule has 128 valence electrons. The van der Waals surface area contributed by atoms with Gasteiger partial charge in [0.15, 0.2) is 0 Å². The molecular formula is C18H17BrFN5. The van der Waals surface area contributed by atoms with Crippen LogP contribution in [-0.4, -0.2) is 16.5 Å². The molecule has 0 bridgehead atoms. The van der Waals surface area contributed by atoms with Crippen molar-refractivity contribution in [3.05, 3.63) is 52.3 Å². The van der Waals surface area contributed by atoms with Crippen molar-refractivity contribution in [2.24, 2.45) is 5.84 Å². The van der Waals surface area contributed by atoms with E-state index in [-0.39, 0.29) is 5.82 Å². The number of fused-ring (bicyclic) bond motifs is 2. The van der Waals surface area contributed by atoms with Crippen LogP contribution in [-0.2, 0) is 6.42 Å². The molecule has 0 fully saturated rings. The van der Waals surface area contributed by atoms with Crippen LogP contribution in [0.4, 0.5) is 21.8 Å². The van der Waals surface area contributed by atoms with Gasteiger partial charge in [0.25, 0.3) is 0 Å². The van der Waals surface area contributed by atoms with Crippen LogP contribution >= 0.6 is 15.9 Å². The van der Waals surface area contributed by atoms with Crippen molar-refractivity contribution in [2.75, 3.05) is 16.9 Å². The average Bonchev–Trinajstić information content (AvgIpc) is 2.84. The summed E-state index contributed by atoms with van der Waals surface area (Å²) in [5.74, 6) is 6.19. The second-order valence-corrected chi connectivity index (χ2v) is 6.89. The molecule has 1 aliphatic heterocycles. The fourth-order valence-electron chi connectivity index (χ4n) is 3.29. The lowest BCUT2D eigenvalue weighted by Gasteiger charge is -2.25. The Bertz CT molecular complexity index is 946. The summed E-state index contributed by atoms with van der Waals surface area (Å²) < 4.78 is 14.6. The molecule has 3 aromatic rings. The maximum atomic E-state index is 14.2. The minimum Gasteiger partial charge on any atom is -0.325 e. The zero-order valence-corrected chi connectivity index (χ0v) is 15.1. The molecule has 2 aromatic carbocycles. The van der Waals surface area contributed by atoms with Gasteiger partial charge in [0.2, 0.25) is 5.95 Å². The highest BCUT2D eigenvalue weighted by atomic mass is 79.9. The first-order chi connectivity index (χ1) is 12.2.